The first kappa shape index (κ1) is 26.0. The van der Waals surface area contributed by atoms with Crippen LogP contribution in [0.4, 0.5) is 17.5 Å². The molecule has 2 fully saturated rings. The fraction of sp³-hybridized carbons (Fsp3) is 0.593. The van der Waals surface area contributed by atoms with Crippen LogP contribution < -0.4 is 9.80 Å². The van der Waals surface area contributed by atoms with Crippen LogP contribution in [0.1, 0.15) is 53.5 Å². The minimum absolute atomic E-state index is 0.0474. The topological polar surface area (TPSA) is 117 Å². The van der Waals surface area contributed by atoms with Crippen molar-refractivity contribution in [2.24, 2.45) is 0 Å². The summed E-state index contributed by atoms with van der Waals surface area (Å²) < 4.78 is 25.6. The summed E-state index contributed by atoms with van der Waals surface area (Å²) in [6.45, 7) is 14.6. The SMILES string of the molecule is CCn1ncc2cnc(N3CC(C)(C)c4c3ncnc4N3C[C@@H](C)N(C(=O)C4(C)CCS4(=O)=O)C[C@@H]3C)cc21. The van der Waals surface area contributed by atoms with Gasteiger partial charge in [-0.1, -0.05) is 13.8 Å². The van der Waals surface area contributed by atoms with Gasteiger partial charge in [-0.05, 0) is 34.1 Å². The van der Waals surface area contributed by atoms with Crippen LogP contribution >= 0.6 is 0 Å². The van der Waals surface area contributed by atoms with E-state index in [4.69, 9.17) is 15.0 Å². The largest absolute Gasteiger partial charge is 0.350 e. The van der Waals surface area contributed by atoms with Gasteiger partial charge in [0.05, 0.1) is 17.5 Å². The van der Waals surface area contributed by atoms with Crippen molar-refractivity contribution in [2.75, 3.05) is 35.2 Å². The number of pyridine rings is 1. The van der Waals surface area contributed by atoms with Crippen LogP contribution in [0.25, 0.3) is 10.9 Å². The van der Waals surface area contributed by atoms with Crippen molar-refractivity contribution < 1.29 is 13.2 Å². The molecule has 2 saturated heterocycles. The summed E-state index contributed by atoms with van der Waals surface area (Å²) in [5.74, 6) is 2.33. The van der Waals surface area contributed by atoms with Crippen LogP contribution in [0.3, 0.4) is 0 Å². The molecule has 3 aromatic heterocycles. The average molecular weight is 553 g/mol. The molecule has 3 aliphatic rings. The van der Waals surface area contributed by atoms with Crippen LogP contribution in [-0.4, -0.2) is 86.2 Å². The number of aromatic nitrogens is 5. The standard InChI is InChI=1S/C27H36N8O3S/c1-7-35-20-10-21(28-11-19(20)12-31-35)34-15-26(4,5)22-23(29-16-30-24(22)34)32-13-18(3)33(14-17(32)2)25(36)27(6)8-9-39(27,37)38/h10-12,16-18H,7-9,13-15H2,1-6H3/t17-,18+,27?/m0/s1. The Labute approximate surface area is 229 Å². The van der Waals surface area contributed by atoms with Crippen molar-refractivity contribution in [3.05, 3.63) is 30.4 Å². The monoisotopic (exact) mass is 552 g/mol. The third-order valence-electron chi connectivity index (χ3n) is 8.89. The Morgan fingerprint density at radius 1 is 1.05 bits per heavy atom. The molecule has 12 heteroatoms. The Bertz CT molecular complexity index is 1580. The van der Waals surface area contributed by atoms with Crippen LogP contribution in [0.5, 0.6) is 0 Å². The smallest absolute Gasteiger partial charge is 0.244 e. The molecule has 6 heterocycles. The van der Waals surface area contributed by atoms with Gasteiger partial charge >= 0.3 is 0 Å². The summed E-state index contributed by atoms with van der Waals surface area (Å²) >= 11 is 0. The minimum Gasteiger partial charge on any atom is -0.350 e. The summed E-state index contributed by atoms with van der Waals surface area (Å²) in [6, 6.07) is 1.86. The lowest BCUT2D eigenvalue weighted by Crippen LogP contribution is -2.66. The van der Waals surface area contributed by atoms with E-state index in [1.165, 1.54) is 0 Å². The van der Waals surface area contributed by atoms with E-state index < -0.39 is 14.6 Å². The van der Waals surface area contributed by atoms with E-state index in [-0.39, 0.29) is 29.2 Å². The number of aryl methyl sites for hydroxylation is 1. The second-order valence-electron chi connectivity index (χ2n) is 12.0. The number of rotatable bonds is 4. The van der Waals surface area contributed by atoms with Gasteiger partial charge in [-0.25, -0.2) is 23.4 Å². The van der Waals surface area contributed by atoms with Gasteiger partial charge in [0.25, 0.3) is 0 Å². The number of carbonyl (C=O) groups is 1. The molecule has 3 atom stereocenters. The minimum atomic E-state index is -3.39. The fourth-order valence-corrected chi connectivity index (χ4v) is 7.85. The Morgan fingerprint density at radius 2 is 1.79 bits per heavy atom. The van der Waals surface area contributed by atoms with E-state index in [2.05, 4.69) is 48.7 Å². The second-order valence-corrected chi connectivity index (χ2v) is 14.6. The molecule has 1 unspecified atom stereocenters. The highest BCUT2D eigenvalue weighted by molar-refractivity contribution is 7.95. The normalized spacial score (nSPS) is 27.5. The van der Waals surface area contributed by atoms with E-state index >= 15 is 0 Å². The third kappa shape index (κ3) is 3.74. The summed E-state index contributed by atoms with van der Waals surface area (Å²) in [5.41, 5.74) is 1.84. The zero-order chi connectivity index (χ0) is 27.9. The Kier molecular flexibility index (Phi) is 5.73. The maximum absolute atomic E-state index is 13.4. The molecule has 3 aliphatic heterocycles. The second kappa shape index (κ2) is 8.61. The van der Waals surface area contributed by atoms with Crippen molar-refractivity contribution in [3.63, 3.8) is 0 Å². The number of carbonyl (C=O) groups excluding carboxylic acids is 1. The summed E-state index contributed by atoms with van der Waals surface area (Å²) in [7, 11) is -3.39. The first-order valence-corrected chi connectivity index (χ1v) is 15.3. The van der Waals surface area contributed by atoms with Crippen molar-refractivity contribution in [1.82, 2.24) is 29.6 Å². The Balaban J connectivity index is 1.33. The number of fused-ring (bicyclic) bond motifs is 2. The molecule has 11 nitrogen and oxygen atoms in total. The maximum Gasteiger partial charge on any atom is 0.244 e. The Hall–Kier alpha value is -3.28. The number of nitrogens with zero attached hydrogens (tertiary/aromatic N) is 8. The zero-order valence-corrected chi connectivity index (χ0v) is 24.2. The highest BCUT2D eigenvalue weighted by atomic mass is 32.2. The van der Waals surface area contributed by atoms with Gasteiger partial charge in [0.2, 0.25) is 5.91 Å². The van der Waals surface area contributed by atoms with Crippen LogP contribution in [0.2, 0.25) is 0 Å². The lowest BCUT2D eigenvalue weighted by Gasteiger charge is -2.49. The number of piperazine rings is 1. The lowest BCUT2D eigenvalue weighted by molar-refractivity contribution is -0.137. The number of amides is 1. The molecule has 3 aromatic rings. The van der Waals surface area contributed by atoms with E-state index in [0.29, 0.717) is 26.1 Å². The van der Waals surface area contributed by atoms with Gasteiger partial charge in [0, 0.05) is 66.9 Å². The number of sulfone groups is 1. The molecule has 0 aliphatic carbocycles. The molecule has 39 heavy (non-hydrogen) atoms. The number of hydrogen-bond donors (Lipinski definition) is 0. The molecule has 0 bridgehead atoms. The number of hydrogen-bond acceptors (Lipinski definition) is 9. The summed E-state index contributed by atoms with van der Waals surface area (Å²) in [4.78, 5) is 33.8. The maximum atomic E-state index is 13.4. The van der Waals surface area contributed by atoms with Gasteiger partial charge < -0.3 is 14.7 Å². The van der Waals surface area contributed by atoms with Gasteiger partial charge in [-0.15, -0.1) is 0 Å². The van der Waals surface area contributed by atoms with E-state index in [9.17, 15) is 13.2 Å². The van der Waals surface area contributed by atoms with E-state index in [1.54, 1.807) is 18.2 Å². The molecule has 0 radical (unpaired) electrons. The summed E-state index contributed by atoms with van der Waals surface area (Å²) in [6.07, 6.45) is 5.69. The van der Waals surface area contributed by atoms with E-state index in [1.807, 2.05) is 24.0 Å². The molecular formula is C27H36N8O3S. The first-order chi connectivity index (χ1) is 18.4. The van der Waals surface area contributed by atoms with Crippen molar-refractivity contribution in [1.29, 1.82) is 0 Å². The zero-order valence-electron chi connectivity index (χ0n) is 23.4. The molecule has 1 amide bonds. The molecule has 208 valence electrons. The van der Waals surface area contributed by atoms with Crippen LogP contribution in [0.15, 0.2) is 24.8 Å². The molecule has 0 N–H and O–H groups in total. The number of anilines is 3. The van der Waals surface area contributed by atoms with Crippen LogP contribution in [-0.2, 0) is 26.6 Å². The van der Waals surface area contributed by atoms with Crippen molar-refractivity contribution >= 4 is 44.1 Å². The molecule has 0 spiro atoms. The quantitative estimate of drug-likeness (QED) is 0.481. The average Bonchev–Trinajstić information content (AvgIpc) is 3.45. The van der Waals surface area contributed by atoms with Gasteiger partial charge in [0.15, 0.2) is 9.84 Å². The summed E-state index contributed by atoms with van der Waals surface area (Å²) in [5, 5.41) is 5.46. The van der Waals surface area contributed by atoms with Gasteiger partial charge in [0.1, 0.15) is 28.5 Å². The lowest BCUT2D eigenvalue weighted by atomic mass is 9.87. The van der Waals surface area contributed by atoms with Gasteiger partial charge in [-0.3, -0.25) is 9.48 Å². The molecular weight excluding hydrogens is 516 g/mol. The molecule has 0 saturated carbocycles. The molecule has 6 rings (SSSR count). The van der Waals surface area contributed by atoms with Crippen LogP contribution in [0, 0.1) is 0 Å². The van der Waals surface area contributed by atoms with E-state index in [0.717, 1.165) is 40.5 Å². The fourth-order valence-electron chi connectivity index (χ4n) is 6.32. The highest BCUT2D eigenvalue weighted by Crippen LogP contribution is 2.47. The highest BCUT2D eigenvalue weighted by Gasteiger charge is 2.57. The third-order valence-corrected chi connectivity index (χ3v) is 11.4. The molecule has 0 aromatic carbocycles. The predicted molar refractivity (Wildman–Crippen MR) is 150 cm³/mol. The first-order valence-electron chi connectivity index (χ1n) is 13.6. The van der Waals surface area contributed by atoms with Crippen molar-refractivity contribution in [3.8, 4) is 0 Å². The van der Waals surface area contributed by atoms with Crippen molar-refractivity contribution in [2.45, 2.75) is 76.8 Å². The Morgan fingerprint density at radius 3 is 2.46 bits per heavy atom. The predicted octanol–water partition coefficient (Wildman–Crippen LogP) is 2.67. The van der Waals surface area contributed by atoms with Gasteiger partial charge in [-0.2, -0.15) is 5.10 Å².